The van der Waals surface area contributed by atoms with Crippen molar-refractivity contribution in [1.29, 1.82) is 0 Å². The minimum Gasteiger partial charge on any atom is -0.368 e. The van der Waals surface area contributed by atoms with Gasteiger partial charge in [-0.15, -0.1) is 0 Å². The Balaban J connectivity index is 1.88. The average Bonchev–Trinajstić information content (AvgIpc) is 2.88. The lowest BCUT2D eigenvalue weighted by Gasteiger charge is -2.33. The second-order valence-electron chi connectivity index (χ2n) is 6.87. The van der Waals surface area contributed by atoms with E-state index in [0.717, 1.165) is 42.7 Å². The smallest absolute Gasteiger partial charge is 0.330 e. The summed E-state index contributed by atoms with van der Waals surface area (Å²) in [5.74, 6) is 0. The molecule has 1 aromatic carbocycles. The van der Waals surface area contributed by atoms with Gasteiger partial charge in [-0.25, -0.2) is 9.78 Å². The first-order valence-electron chi connectivity index (χ1n) is 8.84. The van der Waals surface area contributed by atoms with Crippen LogP contribution >= 0.6 is 11.6 Å². The molecule has 4 rings (SSSR count). The quantitative estimate of drug-likeness (QED) is 0.767. The summed E-state index contributed by atoms with van der Waals surface area (Å²) in [6, 6.07) is 9.73. The summed E-state index contributed by atoms with van der Waals surface area (Å²) in [5.41, 5.74) is 9.52. The monoisotopic (exact) mass is 371 g/mol. The number of fused-ring (bicyclic) bond motifs is 1. The number of halogens is 1. The zero-order valence-corrected chi connectivity index (χ0v) is 15.5. The lowest BCUT2D eigenvalue weighted by Crippen LogP contribution is -2.43. The van der Waals surface area contributed by atoms with Crippen LogP contribution in [0.5, 0.6) is 0 Å². The SMILES string of the molecule is Cn1c(=O)n(Cc2ccccc2Cl)c2c(N3CCCC(N)C3)ccnc21. The van der Waals surface area contributed by atoms with Crippen LogP contribution in [0.4, 0.5) is 5.69 Å². The van der Waals surface area contributed by atoms with Gasteiger partial charge in [-0.2, -0.15) is 0 Å². The highest BCUT2D eigenvalue weighted by Gasteiger charge is 2.23. The van der Waals surface area contributed by atoms with Crippen molar-refractivity contribution >= 4 is 28.5 Å². The summed E-state index contributed by atoms with van der Waals surface area (Å²) in [5, 5.41) is 0.654. The number of aromatic nitrogens is 3. The molecule has 136 valence electrons. The van der Waals surface area contributed by atoms with Crippen LogP contribution in [0.15, 0.2) is 41.3 Å². The molecule has 6 nitrogen and oxygen atoms in total. The third-order valence-corrected chi connectivity index (χ3v) is 5.44. The summed E-state index contributed by atoms with van der Waals surface area (Å²) >= 11 is 6.33. The Morgan fingerprint density at radius 2 is 2.12 bits per heavy atom. The number of imidazole rings is 1. The van der Waals surface area contributed by atoms with Crippen LogP contribution in [0.25, 0.3) is 11.2 Å². The highest BCUT2D eigenvalue weighted by molar-refractivity contribution is 6.31. The Hall–Kier alpha value is -2.31. The Bertz CT molecular complexity index is 1010. The maximum atomic E-state index is 12.9. The normalized spacial score (nSPS) is 17.8. The third kappa shape index (κ3) is 2.89. The molecule has 1 aliphatic heterocycles. The number of aryl methyl sites for hydroxylation is 1. The number of hydrogen-bond acceptors (Lipinski definition) is 4. The molecule has 0 radical (unpaired) electrons. The van der Waals surface area contributed by atoms with Crippen molar-refractivity contribution in [1.82, 2.24) is 14.1 Å². The van der Waals surface area contributed by atoms with Gasteiger partial charge in [-0.05, 0) is 30.5 Å². The first kappa shape index (κ1) is 17.1. The first-order chi connectivity index (χ1) is 12.6. The van der Waals surface area contributed by atoms with Crippen molar-refractivity contribution in [3.05, 3.63) is 57.6 Å². The van der Waals surface area contributed by atoms with Gasteiger partial charge >= 0.3 is 5.69 Å². The number of hydrogen-bond donors (Lipinski definition) is 1. The van der Waals surface area contributed by atoms with Crippen molar-refractivity contribution < 1.29 is 0 Å². The largest absolute Gasteiger partial charge is 0.368 e. The fraction of sp³-hybridized carbons (Fsp3) is 0.368. The van der Waals surface area contributed by atoms with Crippen LogP contribution in [-0.4, -0.2) is 33.2 Å². The fourth-order valence-electron chi connectivity index (χ4n) is 3.73. The van der Waals surface area contributed by atoms with E-state index >= 15 is 0 Å². The summed E-state index contributed by atoms with van der Waals surface area (Å²) < 4.78 is 3.36. The van der Waals surface area contributed by atoms with E-state index in [9.17, 15) is 4.79 Å². The molecular weight excluding hydrogens is 350 g/mol. The molecular formula is C19H22ClN5O. The third-order valence-electron chi connectivity index (χ3n) is 5.07. The average molecular weight is 372 g/mol. The molecule has 2 N–H and O–H groups in total. The molecule has 3 heterocycles. The summed E-state index contributed by atoms with van der Waals surface area (Å²) in [7, 11) is 1.76. The molecule has 1 aliphatic rings. The maximum absolute atomic E-state index is 12.9. The molecule has 1 fully saturated rings. The van der Waals surface area contributed by atoms with Gasteiger partial charge in [0.05, 0.1) is 12.2 Å². The Morgan fingerprint density at radius 3 is 2.88 bits per heavy atom. The van der Waals surface area contributed by atoms with Crippen LogP contribution in [-0.2, 0) is 13.6 Å². The number of piperidine rings is 1. The first-order valence-corrected chi connectivity index (χ1v) is 9.22. The van der Waals surface area contributed by atoms with E-state index in [1.165, 1.54) is 0 Å². The van der Waals surface area contributed by atoms with Gasteiger partial charge in [-0.3, -0.25) is 9.13 Å². The van der Waals surface area contributed by atoms with Crippen molar-refractivity contribution in [2.75, 3.05) is 18.0 Å². The second kappa shape index (κ2) is 6.78. The van der Waals surface area contributed by atoms with Gasteiger partial charge in [0.1, 0.15) is 5.52 Å². The van der Waals surface area contributed by atoms with Crippen molar-refractivity contribution in [3.63, 3.8) is 0 Å². The van der Waals surface area contributed by atoms with Gasteiger partial charge in [0.25, 0.3) is 0 Å². The molecule has 0 saturated carbocycles. The number of pyridine rings is 1. The fourth-order valence-corrected chi connectivity index (χ4v) is 3.93. The molecule has 0 aliphatic carbocycles. The summed E-state index contributed by atoms with van der Waals surface area (Å²) in [6.45, 7) is 2.13. The molecule has 26 heavy (non-hydrogen) atoms. The lowest BCUT2D eigenvalue weighted by atomic mass is 10.1. The highest BCUT2D eigenvalue weighted by atomic mass is 35.5. The predicted molar refractivity (Wildman–Crippen MR) is 105 cm³/mol. The Kier molecular flexibility index (Phi) is 4.46. The van der Waals surface area contributed by atoms with Crippen LogP contribution in [0.3, 0.4) is 0 Å². The maximum Gasteiger partial charge on any atom is 0.330 e. The number of benzene rings is 1. The van der Waals surface area contributed by atoms with Crippen LogP contribution in [0.2, 0.25) is 5.02 Å². The number of rotatable bonds is 3. The minimum absolute atomic E-state index is 0.0961. The van der Waals surface area contributed by atoms with Gasteiger partial charge in [0.2, 0.25) is 0 Å². The molecule has 1 atom stereocenters. The molecule has 7 heteroatoms. The van der Waals surface area contributed by atoms with Gasteiger partial charge < -0.3 is 10.6 Å². The Morgan fingerprint density at radius 1 is 1.31 bits per heavy atom. The highest BCUT2D eigenvalue weighted by Crippen LogP contribution is 2.28. The molecule has 0 bridgehead atoms. The van der Waals surface area contributed by atoms with E-state index in [4.69, 9.17) is 17.3 Å². The van der Waals surface area contributed by atoms with Crippen LogP contribution in [0, 0.1) is 0 Å². The van der Waals surface area contributed by atoms with Crippen molar-refractivity contribution in [2.45, 2.75) is 25.4 Å². The Labute approximate surface area is 156 Å². The van der Waals surface area contributed by atoms with E-state index in [1.807, 2.05) is 30.3 Å². The molecule has 0 amide bonds. The van der Waals surface area contributed by atoms with Gasteiger partial charge in [0.15, 0.2) is 5.65 Å². The topological polar surface area (TPSA) is 69.1 Å². The number of nitrogens with two attached hydrogens (primary N) is 1. The standard InChI is InChI=1S/C19H22ClN5O/c1-23-18-17(16(8-9-22-18)24-10-4-6-14(21)12-24)25(19(23)26)11-13-5-2-3-7-15(13)20/h2-3,5,7-9,14H,4,6,10-12,21H2,1H3. The van der Waals surface area contributed by atoms with Crippen LogP contribution in [0.1, 0.15) is 18.4 Å². The molecule has 3 aromatic rings. The van der Waals surface area contributed by atoms with E-state index in [-0.39, 0.29) is 11.7 Å². The zero-order chi connectivity index (χ0) is 18.3. The zero-order valence-electron chi connectivity index (χ0n) is 14.7. The molecule has 1 saturated heterocycles. The molecule has 1 unspecified atom stereocenters. The summed E-state index contributed by atoms with van der Waals surface area (Å²) in [4.78, 5) is 19.6. The van der Waals surface area contributed by atoms with Crippen molar-refractivity contribution in [3.8, 4) is 0 Å². The number of nitrogens with zero attached hydrogens (tertiary/aromatic N) is 4. The molecule has 2 aromatic heterocycles. The summed E-state index contributed by atoms with van der Waals surface area (Å²) in [6.07, 6.45) is 3.84. The van der Waals surface area contributed by atoms with Gasteiger partial charge in [0, 0.05) is 37.4 Å². The number of anilines is 1. The van der Waals surface area contributed by atoms with Gasteiger partial charge in [-0.1, -0.05) is 29.8 Å². The lowest BCUT2D eigenvalue weighted by molar-refractivity contribution is 0.506. The van der Waals surface area contributed by atoms with E-state index < -0.39 is 0 Å². The molecule has 0 spiro atoms. The van der Waals surface area contributed by atoms with E-state index in [2.05, 4.69) is 9.88 Å². The van der Waals surface area contributed by atoms with Crippen molar-refractivity contribution in [2.24, 2.45) is 12.8 Å². The van der Waals surface area contributed by atoms with E-state index in [0.29, 0.717) is 17.2 Å². The predicted octanol–water partition coefficient (Wildman–Crippen LogP) is 2.36. The van der Waals surface area contributed by atoms with Crippen LogP contribution < -0.4 is 16.3 Å². The second-order valence-corrected chi connectivity index (χ2v) is 7.28. The van der Waals surface area contributed by atoms with E-state index in [1.54, 1.807) is 22.4 Å². The minimum atomic E-state index is -0.0961.